The molecular weight excluding hydrogens is 224 g/mol. The average molecular weight is 244 g/mol. The van der Waals surface area contributed by atoms with Gasteiger partial charge in [0.05, 0.1) is 5.69 Å². The number of hydrogen-bond acceptors (Lipinski definition) is 3. The zero-order valence-electron chi connectivity index (χ0n) is 11.7. The van der Waals surface area contributed by atoms with E-state index in [0.717, 1.165) is 17.3 Å². The lowest BCUT2D eigenvalue weighted by atomic mass is 10.3. The number of aromatic nitrogens is 2. The minimum atomic E-state index is 1.00. The number of nitrogens with zero attached hydrogens (tertiary/aromatic N) is 4. The highest BCUT2D eigenvalue weighted by Gasteiger charge is 2.18. The summed E-state index contributed by atoms with van der Waals surface area (Å²) in [6.45, 7) is 2.11. The number of para-hydroxylation sites is 1. The fourth-order valence-corrected chi connectivity index (χ4v) is 2.17. The molecule has 0 atom stereocenters. The van der Waals surface area contributed by atoms with Crippen LogP contribution in [0.5, 0.6) is 0 Å². The van der Waals surface area contributed by atoms with Gasteiger partial charge in [-0.1, -0.05) is 18.2 Å². The first-order valence-electron chi connectivity index (χ1n) is 6.02. The molecule has 0 amide bonds. The summed E-state index contributed by atoms with van der Waals surface area (Å²) >= 11 is 0. The summed E-state index contributed by atoms with van der Waals surface area (Å²) in [6, 6.07) is 10.2. The van der Waals surface area contributed by atoms with Gasteiger partial charge in [-0.3, -0.25) is 0 Å². The van der Waals surface area contributed by atoms with Crippen LogP contribution in [-0.4, -0.2) is 38.0 Å². The van der Waals surface area contributed by atoms with E-state index in [1.54, 1.807) is 0 Å². The fourth-order valence-electron chi connectivity index (χ4n) is 2.17. The SMILES string of the molecule is Cc1c(N(C)C)nn(-c2ccccc2)c1N(C)C. The molecule has 2 rings (SSSR count). The summed E-state index contributed by atoms with van der Waals surface area (Å²) in [5, 5.41) is 4.70. The van der Waals surface area contributed by atoms with E-state index in [-0.39, 0.29) is 0 Å². The quantitative estimate of drug-likeness (QED) is 0.828. The molecule has 0 aliphatic heterocycles. The molecular formula is C14H20N4. The lowest BCUT2D eigenvalue weighted by Crippen LogP contribution is -2.15. The molecule has 0 N–H and O–H groups in total. The number of benzene rings is 1. The Morgan fingerprint density at radius 1 is 0.944 bits per heavy atom. The lowest BCUT2D eigenvalue weighted by Gasteiger charge is -2.16. The maximum absolute atomic E-state index is 4.70. The summed E-state index contributed by atoms with van der Waals surface area (Å²) in [7, 11) is 8.12. The summed E-state index contributed by atoms with van der Waals surface area (Å²) in [6.07, 6.45) is 0. The van der Waals surface area contributed by atoms with Crippen molar-refractivity contribution < 1.29 is 0 Å². The Bertz CT molecular complexity index is 526. The van der Waals surface area contributed by atoms with Crippen LogP contribution >= 0.6 is 0 Å². The second-order valence-corrected chi connectivity index (χ2v) is 4.81. The minimum absolute atomic E-state index is 1.00. The van der Waals surface area contributed by atoms with Crippen molar-refractivity contribution in [2.24, 2.45) is 0 Å². The van der Waals surface area contributed by atoms with E-state index in [1.807, 2.05) is 56.0 Å². The topological polar surface area (TPSA) is 24.3 Å². The molecule has 1 aromatic carbocycles. The molecule has 0 saturated heterocycles. The molecule has 2 aromatic rings. The van der Waals surface area contributed by atoms with Crippen molar-refractivity contribution in [3.05, 3.63) is 35.9 Å². The fraction of sp³-hybridized carbons (Fsp3) is 0.357. The smallest absolute Gasteiger partial charge is 0.155 e. The minimum Gasteiger partial charge on any atom is -0.362 e. The van der Waals surface area contributed by atoms with Crippen LogP contribution in [-0.2, 0) is 0 Å². The van der Waals surface area contributed by atoms with Crippen molar-refractivity contribution >= 4 is 11.6 Å². The van der Waals surface area contributed by atoms with E-state index < -0.39 is 0 Å². The third-order valence-electron chi connectivity index (χ3n) is 2.91. The second-order valence-electron chi connectivity index (χ2n) is 4.81. The van der Waals surface area contributed by atoms with Gasteiger partial charge in [-0.2, -0.15) is 0 Å². The van der Waals surface area contributed by atoms with Crippen LogP contribution in [0, 0.1) is 6.92 Å². The summed E-state index contributed by atoms with van der Waals surface area (Å²) in [5.41, 5.74) is 2.27. The molecule has 0 saturated carbocycles. The van der Waals surface area contributed by atoms with Gasteiger partial charge in [-0.15, -0.1) is 5.10 Å². The van der Waals surface area contributed by atoms with E-state index in [2.05, 4.69) is 24.0 Å². The van der Waals surface area contributed by atoms with Crippen molar-refractivity contribution in [1.29, 1.82) is 0 Å². The normalized spacial score (nSPS) is 10.5. The van der Waals surface area contributed by atoms with Gasteiger partial charge in [0.2, 0.25) is 0 Å². The van der Waals surface area contributed by atoms with Crippen LogP contribution < -0.4 is 9.80 Å². The van der Waals surface area contributed by atoms with Gasteiger partial charge in [-0.05, 0) is 19.1 Å². The van der Waals surface area contributed by atoms with Gasteiger partial charge in [0.15, 0.2) is 5.82 Å². The van der Waals surface area contributed by atoms with Crippen molar-refractivity contribution in [1.82, 2.24) is 9.78 Å². The molecule has 0 radical (unpaired) electrons. The van der Waals surface area contributed by atoms with Gasteiger partial charge in [-0.25, -0.2) is 4.68 Å². The van der Waals surface area contributed by atoms with Gasteiger partial charge in [0.1, 0.15) is 5.82 Å². The molecule has 0 unspecified atom stereocenters. The molecule has 1 heterocycles. The third-order valence-corrected chi connectivity index (χ3v) is 2.91. The van der Waals surface area contributed by atoms with Crippen LogP contribution in [0.2, 0.25) is 0 Å². The van der Waals surface area contributed by atoms with E-state index in [1.165, 1.54) is 5.56 Å². The van der Waals surface area contributed by atoms with Gasteiger partial charge >= 0.3 is 0 Å². The molecule has 1 aromatic heterocycles. The van der Waals surface area contributed by atoms with Gasteiger partial charge in [0, 0.05) is 33.8 Å². The maximum atomic E-state index is 4.70. The summed E-state index contributed by atoms with van der Waals surface area (Å²) in [4.78, 5) is 4.14. The summed E-state index contributed by atoms with van der Waals surface area (Å²) in [5.74, 6) is 2.12. The third kappa shape index (κ3) is 2.06. The average Bonchev–Trinajstić information content (AvgIpc) is 2.68. The number of hydrogen-bond donors (Lipinski definition) is 0. The first-order chi connectivity index (χ1) is 8.52. The molecule has 0 bridgehead atoms. The highest BCUT2D eigenvalue weighted by molar-refractivity contribution is 5.63. The number of anilines is 2. The van der Waals surface area contributed by atoms with Crippen LogP contribution in [0.25, 0.3) is 5.69 Å². The van der Waals surface area contributed by atoms with Crippen LogP contribution in [0.1, 0.15) is 5.56 Å². The molecule has 0 fully saturated rings. The zero-order chi connectivity index (χ0) is 13.3. The van der Waals surface area contributed by atoms with Crippen molar-refractivity contribution in [2.75, 3.05) is 38.0 Å². The van der Waals surface area contributed by atoms with Crippen LogP contribution in [0.4, 0.5) is 11.6 Å². The first kappa shape index (κ1) is 12.5. The lowest BCUT2D eigenvalue weighted by molar-refractivity contribution is 0.844. The molecule has 0 spiro atoms. The molecule has 0 aliphatic rings. The van der Waals surface area contributed by atoms with Crippen molar-refractivity contribution in [3.8, 4) is 5.69 Å². The Balaban J connectivity index is 2.63. The monoisotopic (exact) mass is 244 g/mol. The molecule has 0 aliphatic carbocycles. The molecule has 96 valence electrons. The van der Waals surface area contributed by atoms with Crippen molar-refractivity contribution in [2.45, 2.75) is 6.92 Å². The van der Waals surface area contributed by atoms with Crippen LogP contribution in [0.15, 0.2) is 30.3 Å². The predicted molar refractivity (Wildman–Crippen MR) is 77.0 cm³/mol. The Morgan fingerprint density at radius 3 is 2.06 bits per heavy atom. The van der Waals surface area contributed by atoms with Gasteiger partial charge in [0.25, 0.3) is 0 Å². The maximum Gasteiger partial charge on any atom is 0.155 e. The molecule has 18 heavy (non-hydrogen) atoms. The van der Waals surface area contributed by atoms with Crippen LogP contribution in [0.3, 0.4) is 0 Å². The Morgan fingerprint density at radius 2 is 1.56 bits per heavy atom. The standard InChI is InChI=1S/C14H20N4/c1-11-13(16(2)3)15-18(14(11)17(4)5)12-9-7-6-8-10-12/h6-10H,1-5H3. The predicted octanol–water partition coefficient (Wildman–Crippen LogP) is 2.31. The van der Waals surface area contributed by atoms with E-state index >= 15 is 0 Å². The largest absolute Gasteiger partial charge is 0.362 e. The summed E-state index contributed by atoms with van der Waals surface area (Å²) < 4.78 is 1.99. The zero-order valence-corrected chi connectivity index (χ0v) is 11.7. The second kappa shape index (κ2) is 4.72. The molecule has 4 heteroatoms. The Labute approximate surface area is 108 Å². The number of rotatable bonds is 3. The molecule has 4 nitrogen and oxygen atoms in total. The first-order valence-corrected chi connectivity index (χ1v) is 6.02. The van der Waals surface area contributed by atoms with Crippen molar-refractivity contribution in [3.63, 3.8) is 0 Å². The van der Waals surface area contributed by atoms with E-state index in [4.69, 9.17) is 5.10 Å². The van der Waals surface area contributed by atoms with E-state index in [9.17, 15) is 0 Å². The van der Waals surface area contributed by atoms with E-state index in [0.29, 0.717) is 0 Å². The Kier molecular flexibility index (Phi) is 3.28. The highest BCUT2D eigenvalue weighted by Crippen LogP contribution is 2.29. The highest BCUT2D eigenvalue weighted by atomic mass is 15.4. The van der Waals surface area contributed by atoms with Gasteiger partial charge < -0.3 is 9.80 Å². The Hall–Kier alpha value is -1.97.